The molecule has 132 valence electrons. The Labute approximate surface area is 152 Å². The van der Waals surface area contributed by atoms with E-state index in [0.717, 1.165) is 33.6 Å². The predicted molar refractivity (Wildman–Crippen MR) is 97.2 cm³/mol. The van der Waals surface area contributed by atoms with Crippen molar-refractivity contribution in [2.45, 2.75) is 20.1 Å². The Morgan fingerprint density at radius 1 is 1.08 bits per heavy atom. The Morgan fingerprint density at radius 3 is 2.54 bits per heavy atom. The van der Waals surface area contributed by atoms with Gasteiger partial charge in [-0.25, -0.2) is 9.37 Å². The van der Waals surface area contributed by atoms with Gasteiger partial charge in [0.2, 0.25) is 5.82 Å². The van der Waals surface area contributed by atoms with Crippen molar-refractivity contribution in [3.8, 4) is 22.2 Å². The van der Waals surface area contributed by atoms with Gasteiger partial charge in [0.1, 0.15) is 16.4 Å². The van der Waals surface area contributed by atoms with Crippen LogP contribution in [0.15, 0.2) is 40.8 Å². The smallest absolute Gasteiger partial charge is 0.209 e. The minimum Gasteiger partial charge on any atom is -0.452 e. The maximum Gasteiger partial charge on any atom is 0.209 e. The van der Waals surface area contributed by atoms with Gasteiger partial charge in [0.15, 0.2) is 12.1 Å². The molecule has 0 bridgehead atoms. The third kappa shape index (κ3) is 2.80. The molecule has 4 rings (SSSR count). The first-order valence-corrected chi connectivity index (χ1v) is 8.71. The van der Waals surface area contributed by atoms with Gasteiger partial charge in [-0.3, -0.25) is 0 Å². The summed E-state index contributed by atoms with van der Waals surface area (Å²) in [7, 11) is 0. The Hall–Kier alpha value is -2.61. The summed E-state index contributed by atoms with van der Waals surface area (Å²) in [6, 6.07) is 10.1. The first-order chi connectivity index (χ1) is 12.4. The fourth-order valence-corrected chi connectivity index (χ4v) is 3.48. The lowest BCUT2D eigenvalue weighted by atomic mass is 10.1. The SMILES string of the molecule is Cc1ccc(C)c2oc(-c3nsc(-c4ccc(C(O)O)c(F)c4)n3)cc12. The van der Waals surface area contributed by atoms with Gasteiger partial charge in [-0.05, 0) is 48.6 Å². The van der Waals surface area contributed by atoms with E-state index < -0.39 is 12.1 Å². The topological polar surface area (TPSA) is 79.4 Å². The Balaban J connectivity index is 1.74. The van der Waals surface area contributed by atoms with E-state index in [4.69, 9.17) is 14.6 Å². The van der Waals surface area contributed by atoms with E-state index >= 15 is 0 Å². The summed E-state index contributed by atoms with van der Waals surface area (Å²) in [5, 5.41) is 19.8. The predicted octanol–water partition coefficient (Wildman–Crippen LogP) is 4.36. The van der Waals surface area contributed by atoms with Crippen LogP contribution in [0.25, 0.3) is 33.1 Å². The second kappa shape index (κ2) is 6.28. The third-order valence-electron chi connectivity index (χ3n) is 4.27. The molecule has 0 saturated heterocycles. The molecule has 7 heteroatoms. The van der Waals surface area contributed by atoms with Crippen molar-refractivity contribution in [1.29, 1.82) is 0 Å². The molecule has 0 fully saturated rings. The number of aromatic nitrogens is 2. The van der Waals surface area contributed by atoms with E-state index in [1.54, 1.807) is 6.07 Å². The molecule has 4 aromatic rings. The van der Waals surface area contributed by atoms with Crippen molar-refractivity contribution in [1.82, 2.24) is 9.36 Å². The van der Waals surface area contributed by atoms with Crippen molar-refractivity contribution < 1.29 is 19.0 Å². The van der Waals surface area contributed by atoms with Crippen LogP contribution in [0, 0.1) is 19.7 Å². The number of halogens is 1. The number of benzene rings is 2. The lowest BCUT2D eigenvalue weighted by Crippen LogP contribution is -1.98. The number of hydrogen-bond acceptors (Lipinski definition) is 6. The van der Waals surface area contributed by atoms with Crippen LogP contribution in [-0.2, 0) is 0 Å². The standard InChI is InChI=1S/C19H15FN2O3S/c1-9-3-4-10(2)16-13(9)8-15(25-16)17-21-18(26-22-17)11-5-6-12(19(23)24)14(20)7-11/h3-8,19,23-24H,1-2H3. The summed E-state index contributed by atoms with van der Waals surface area (Å²) in [5.74, 6) is 0.290. The fourth-order valence-electron chi connectivity index (χ4n) is 2.81. The van der Waals surface area contributed by atoms with Crippen LogP contribution >= 0.6 is 11.5 Å². The number of fused-ring (bicyclic) bond motifs is 1. The van der Waals surface area contributed by atoms with Crippen LogP contribution in [0.4, 0.5) is 4.39 Å². The number of rotatable bonds is 3. The highest BCUT2D eigenvalue weighted by Gasteiger charge is 2.17. The van der Waals surface area contributed by atoms with Gasteiger partial charge in [-0.2, -0.15) is 4.37 Å². The summed E-state index contributed by atoms with van der Waals surface area (Å²) >= 11 is 1.13. The number of furan rings is 1. The minimum absolute atomic E-state index is 0.179. The van der Waals surface area contributed by atoms with Crippen molar-refractivity contribution >= 4 is 22.5 Å². The molecule has 0 spiro atoms. The van der Waals surface area contributed by atoms with E-state index in [1.807, 2.05) is 32.0 Å². The zero-order chi connectivity index (χ0) is 18.4. The lowest BCUT2D eigenvalue weighted by molar-refractivity contribution is -0.0449. The zero-order valence-corrected chi connectivity index (χ0v) is 14.8. The van der Waals surface area contributed by atoms with Crippen LogP contribution in [0.3, 0.4) is 0 Å². The molecule has 2 aromatic heterocycles. The van der Waals surface area contributed by atoms with Crippen molar-refractivity contribution in [3.05, 3.63) is 58.9 Å². The monoisotopic (exact) mass is 370 g/mol. The molecule has 0 radical (unpaired) electrons. The quantitative estimate of drug-likeness (QED) is 0.524. The summed E-state index contributed by atoms with van der Waals surface area (Å²) in [4.78, 5) is 4.44. The first-order valence-electron chi connectivity index (χ1n) is 7.94. The second-order valence-electron chi connectivity index (χ2n) is 6.09. The number of hydrogen-bond donors (Lipinski definition) is 2. The molecule has 0 saturated carbocycles. The average molecular weight is 370 g/mol. The van der Waals surface area contributed by atoms with Crippen molar-refractivity contribution in [3.63, 3.8) is 0 Å². The highest BCUT2D eigenvalue weighted by Crippen LogP contribution is 2.33. The molecule has 0 atom stereocenters. The minimum atomic E-state index is -1.85. The Bertz CT molecular complexity index is 1080. The molecule has 0 aliphatic carbocycles. The summed E-state index contributed by atoms with van der Waals surface area (Å²) < 4.78 is 24.2. The molecular weight excluding hydrogens is 355 g/mol. The molecule has 0 aliphatic rings. The molecule has 0 amide bonds. The molecule has 26 heavy (non-hydrogen) atoms. The molecule has 0 aliphatic heterocycles. The van der Waals surface area contributed by atoms with E-state index in [-0.39, 0.29) is 5.56 Å². The molecule has 5 nitrogen and oxygen atoms in total. The van der Waals surface area contributed by atoms with Gasteiger partial charge in [-0.1, -0.05) is 24.3 Å². The van der Waals surface area contributed by atoms with Crippen LogP contribution in [0.1, 0.15) is 23.0 Å². The zero-order valence-electron chi connectivity index (χ0n) is 14.0. The van der Waals surface area contributed by atoms with Gasteiger partial charge in [-0.15, -0.1) is 0 Å². The van der Waals surface area contributed by atoms with E-state index in [9.17, 15) is 4.39 Å². The van der Waals surface area contributed by atoms with Crippen molar-refractivity contribution in [2.24, 2.45) is 0 Å². The van der Waals surface area contributed by atoms with E-state index in [2.05, 4.69) is 9.36 Å². The normalized spacial score (nSPS) is 11.6. The first kappa shape index (κ1) is 16.8. The summed E-state index contributed by atoms with van der Waals surface area (Å²) in [6.45, 7) is 4.00. The van der Waals surface area contributed by atoms with Crippen molar-refractivity contribution in [2.75, 3.05) is 0 Å². The Morgan fingerprint density at radius 2 is 1.85 bits per heavy atom. The molecule has 2 aromatic carbocycles. The molecule has 2 heterocycles. The van der Waals surface area contributed by atoms with Crippen LogP contribution in [0.2, 0.25) is 0 Å². The second-order valence-corrected chi connectivity index (χ2v) is 6.84. The van der Waals surface area contributed by atoms with Gasteiger partial charge < -0.3 is 14.6 Å². The molecule has 2 N–H and O–H groups in total. The highest BCUT2D eigenvalue weighted by molar-refractivity contribution is 7.09. The van der Waals surface area contributed by atoms with Crippen LogP contribution in [0.5, 0.6) is 0 Å². The van der Waals surface area contributed by atoms with Gasteiger partial charge in [0.05, 0.1) is 0 Å². The average Bonchev–Trinajstić information content (AvgIpc) is 3.25. The Kier molecular flexibility index (Phi) is 4.07. The number of aryl methyl sites for hydroxylation is 2. The van der Waals surface area contributed by atoms with E-state index in [0.29, 0.717) is 22.2 Å². The lowest BCUT2D eigenvalue weighted by Gasteiger charge is -2.05. The number of aliphatic hydroxyl groups excluding tert-OH is 1. The highest BCUT2D eigenvalue weighted by atomic mass is 32.1. The third-order valence-corrected chi connectivity index (χ3v) is 5.03. The largest absolute Gasteiger partial charge is 0.452 e. The molecular formula is C19H15FN2O3S. The number of nitrogens with zero attached hydrogens (tertiary/aromatic N) is 2. The van der Waals surface area contributed by atoms with Gasteiger partial charge >= 0.3 is 0 Å². The van der Waals surface area contributed by atoms with Gasteiger partial charge in [0.25, 0.3) is 0 Å². The maximum absolute atomic E-state index is 14.0. The summed E-state index contributed by atoms with van der Waals surface area (Å²) in [5.41, 5.74) is 3.29. The maximum atomic E-state index is 14.0. The fraction of sp³-hybridized carbons (Fsp3) is 0.158. The molecule has 0 unspecified atom stereocenters. The summed E-state index contributed by atoms with van der Waals surface area (Å²) in [6.07, 6.45) is -1.85. The van der Waals surface area contributed by atoms with E-state index in [1.165, 1.54) is 12.1 Å². The van der Waals surface area contributed by atoms with Crippen LogP contribution in [-0.4, -0.2) is 19.6 Å². The van der Waals surface area contributed by atoms with Gasteiger partial charge in [0, 0.05) is 16.5 Å². The van der Waals surface area contributed by atoms with Crippen LogP contribution < -0.4 is 0 Å². The number of aliphatic hydroxyl groups is 2.